The van der Waals surface area contributed by atoms with E-state index in [0.29, 0.717) is 19.7 Å². The van der Waals surface area contributed by atoms with E-state index in [1.807, 2.05) is 0 Å². The van der Waals surface area contributed by atoms with Gasteiger partial charge in [-0.1, -0.05) is 0 Å². The summed E-state index contributed by atoms with van der Waals surface area (Å²) in [5.41, 5.74) is 0. The van der Waals surface area contributed by atoms with Crippen molar-refractivity contribution in [1.29, 1.82) is 0 Å². The topological polar surface area (TPSA) is 117 Å². The zero-order valence-corrected chi connectivity index (χ0v) is 13.8. The van der Waals surface area contributed by atoms with Crippen LogP contribution in [0.25, 0.3) is 0 Å². The fourth-order valence-corrected chi connectivity index (χ4v) is 2.68. The van der Waals surface area contributed by atoms with Crippen molar-refractivity contribution in [2.45, 2.75) is 25.4 Å². The Morgan fingerprint density at radius 1 is 1.12 bits per heavy atom. The van der Waals surface area contributed by atoms with Crippen LogP contribution in [-0.2, 0) is 23.9 Å². The molecular formula is C15H26N2O7. The summed E-state index contributed by atoms with van der Waals surface area (Å²) in [5.74, 6) is -1.02. The first-order valence-electron chi connectivity index (χ1n) is 8.06. The average molecular weight is 346 g/mol. The number of nitrogens with zero attached hydrogens (tertiary/aromatic N) is 2. The smallest absolute Gasteiger partial charge is 0.303 e. The minimum Gasteiger partial charge on any atom is -0.483 e. The summed E-state index contributed by atoms with van der Waals surface area (Å²) in [5, 5.41) is 15.6. The number of hydrogen-bond acceptors (Lipinski definition) is 6. The van der Waals surface area contributed by atoms with E-state index in [9.17, 15) is 9.59 Å². The van der Waals surface area contributed by atoms with E-state index in [2.05, 4.69) is 4.90 Å². The minimum absolute atomic E-state index is 0.000576. The molecule has 9 heteroatoms. The van der Waals surface area contributed by atoms with Gasteiger partial charge >= 0.3 is 5.97 Å². The summed E-state index contributed by atoms with van der Waals surface area (Å²) < 4.78 is 11.1. The molecule has 0 aromatic rings. The van der Waals surface area contributed by atoms with Crippen LogP contribution in [-0.4, -0.2) is 97.0 Å². The molecule has 0 saturated carbocycles. The molecule has 2 aliphatic heterocycles. The Kier molecular flexibility index (Phi) is 9.97. The first kappa shape index (κ1) is 20.3. The third-order valence-corrected chi connectivity index (χ3v) is 3.82. The number of carbonyl (C=O) groups is 3. The lowest BCUT2D eigenvalue weighted by Crippen LogP contribution is -2.45. The lowest BCUT2D eigenvalue weighted by Gasteiger charge is -2.31. The molecule has 0 aromatic heterocycles. The summed E-state index contributed by atoms with van der Waals surface area (Å²) in [6, 6.07) is 0. The maximum Gasteiger partial charge on any atom is 0.303 e. The van der Waals surface area contributed by atoms with Gasteiger partial charge in [-0.2, -0.15) is 0 Å². The Bertz CT molecular complexity index is 399. The van der Waals surface area contributed by atoms with Crippen molar-refractivity contribution in [2.24, 2.45) is 0 Å². The summed E-state index contributed by atoms with van der Waals surface area (Å²) in [6.07, 6.45) is 0.766. The fourth-order valence-electron chi connectivity index (χ4n) is 2.68. The Hall–Kier alpha value is -1.71. The molecule has 0 radical (unpaired) electrons. The first-order valence-corrected chi connectivity index (χ1v) is 8.06. The molecule has 2 aliphatic rings. The maximum atomic E-state index is 12.1. The van der Waals surface area contributed by atoms with Crippen molar-refractivity contribution in [3.05, 3.63) is 0 Å². The number of carboxylic acid groups (broad SMARTS) is 2. The second-order valence-corrected chi connectivity index (χ2v) is 5.60. The largest absolute Gasteiger partial charge is 0.483 e. The Morgan fingerprint density at radius 2 is 1.79 bits per heavy atom. The van der Waals surface area contributed by atoms with Gasteiger partial charge in [-0.05, 0) is 6.42 Å². The van der Waals surface area contributed by atoms with Crippen molar-refractivity contribution in [3.63, 3.8) is 0 Å². The lowest BCUT2D eigenvalue weighted by molar-refractivity contribution is -0.141. The van der Waals surface area contributed by atoms with Gasteiger partial charge in [0.15, 0.2) is 0 Å². The SMILES string of the molecule is O=C(O)CCC(=O)N1CCCOC(CN2CCOCC2)C1.O=CO. The van der Waals surface area contributed by atoms with Crippen LogP contribution < -0.4 is 0 Å². The molecule has 2 heterocycles. The molecule has 1 atom stereocenters. The Balaban J connectivity index is 0.000000891. The quantitative estimate of drug-likeness (QED) is 0.640. The molecule has 2 rings (SSSR count). The second kappa shape index (κ2) is 11.8. The highest BCUT2D eigenvalue weighted by molar-refractivity contribution is 5.80. The summed E-state index contributed by atoms with van der Waals surface area (Å²) in [4.78, 5) is 35.0. The molecule has 0 aromatic carbocycles. The fraction of sp³-hybridized carbons (Fsp3) is 0.800. The van der Waals surface area contributed by atoms with E-state index < -0.39 is 5.97 Å². The van der Waals surface area contributed by atoms with Crippen LogP contribution in [0.1, 0.15) is 19.3 Å². The summed E-state index contributed by atoms with van der Waals surface area (Å²) >= 11 is 0. The third-order valence-electron chi connectivity index (χ3n) is 3.82. The van der Waals surface area contributed by atoms with Gasteiger partial charge in [-0.25, -0.2) is 0 Å². The Morgan fingerprint density at radius 3 is 2.42 bits per heavy atom. The zero-order chi connectivity index (χ0) is 17.8. The number of morpholine rings is 1. The molecule has 2 saturated heterocycles. The van der Waals surface area contributed by atoms with E-state index in [1.54, 1.807) is 4.90 Å². The van der Waals surface area contributed by atoms with Gasteiger partial charge in [0.05, 0.1) is 25.7 Å². The van der Waals surface area contributed by atoms with Gasteiger partial charge in [0.1, 0.15) is 0 Å². The molecule has 0 bridgehead atoms. The van der Waals surface area contributed by atoms with E-state index in [4.69, 9.17) is 24.5 Å². The van der Waals surface area contributed by atoms with Crippen LogP contribution in [0.3, 0.4) is 0 Å². The van der Waals surface area contributed by atoms with Crippen molar-refractivity contribution in [1.82, 2.24) is 9.80 Å². The zero-order valence-electron chi connectivity index (χ0n) is 13.8. The van der Waals surface area contributed by atoms with Crippen molar-refractivity contribution < 1.29 is 34.1 Å². The van der Waals surface area contributed by atoms with Crippen LogP contribution in [0, 0.1) is 0 Å². The van der Waals surface area contributed by atoms with Gasteiger partial charge in [0, 0.05) is 45.8 Å². The van der Waals surface area contributed by atoms with Crippen LogP contribution >= 0.6 is 0 Å². The molecule has 24 heavy (non-hydrogen) atoms. The standard InChI is InChI=1S/C14H24N2O5.CH2O2/c17-13(2-3-14(18)19)16-4-1-7-21-12(11-16)10-15-5-8-20-9-6-15;2-1-3/h12H,1-11H2,(H,18,19);1H,(H,2,3). The maximum absolute atomic E-state index is 12.1. The molecular weight excluding hydrogens is 320 g/mol. The number of ether oxygens (including phenoxy) is 2. The minimum atomic E-state index is -0.931. The summed E-state index contributed by atoms with van der Waals surface area (Å²) in [7, 11) is 0. The average Bonchev–Trinajstić information content (AvgIpc) is 2.80. The van der Waals surface area contributed by atoms with E-state index in [-0.39, 0.29) is 31.3 Å². The van der Waals surface area contributed by atoms with Crippen LogP contribution in [0.15, 0.2) is 0 Å². The van der Waals surface area contributed by atoms with Crippen LogP contribution in [0.4, 0.5) is 0 Å². The predicted molar refractivity (Wildman–Crippen MR) is 83.8 cm³/mol. The molecule has 2 fully saturated rings. The van der Waals surface area contributed by atoms with E-state index in [0.717, 1.165) is 39.3 Å². The molecule has 0 aliphatic carbocycles. The van der Waals surface area contributed by atoms with Crippen LogP contribution in [0.5, 0.6) is 0 Å². The number of aliphatic carboxylic acids is 1. The van der Waals surface area contributed by atoms with Crippen molar-refractivity contribution in [3.8, 4) is 0 Å². The normalized spacial score (nSPS) is 22.0. The first-order chi connectivity index (χ1) is 11.6. The van der Waals surface area contributed by atoms with Gasteiger partial charge in [-0.3, -0.25) is 19.3 Å². The number of carbonyl (C=O) groups excluding carboxylic acids is 1. The van der Waals surface area contributed by atoms with Gasteiger partial charge in [0.2, 0.25) is 5.91 Å². The predicted octanol–water partition coefficient (Wildman–Crippen LogP) is -0.498. The van der Waals surface area contributed by atoms with Crippen molar-refractivity contribution in [2.75, 3.05) is 52.5 Å². The number of rotatable bonds is 5. The second-order valence-electron chi connectivity index (χ2n) is 5.60. The number of carboxylic acids is 1. The van der Waals surface area contributed by atoms with Crippen LogP contribution in [0.2, 0.25) is 0 Å². The molecule has 1 amide bonds. The highest BCUT2D eigenvalue weighted by Gasteiger charge is 2.25. The monoisotopic (exact) mass is 346 g/mol. The van der Waals surface area contributed by atoms with Crippen molar-refractivity contribution >= 4 is 18.3 Å². The number of hydrogen-bond donors (Lipinski definition) is 2. The lowest BCUT2D eigenvalue weighted by atomic mass is 10.2. The molecule has 2 N–H and O–H groups in total. The Labute approximate surface area is 141 Å². The molecule has 138 valence electrons. The third kappa shape index (κ3) is 8.23. The van der Waals surface area contributed by atoms with E-state index >= 15 is 0 Å². The molecule has 9 nitrogen and oxygen atoms in total. The van der Waals surface area contributed by atoms with Gasteiger partial charge in [0.25, 0.3) is 6.47 Å². The molecule has 0 spiro atoms. The van der Waals surface area contributed by atoms with E-state index in [1.165, 1.54) is 0 Å². The highest BCUT2D eigenvalue weighted by Crippen LogP contribution is 2.11. The van der Waals surface area contributed by atoms with Gasteiger partial charge < -0.3 is 24.6 Å². The number of amides is 1. The van der Waals surface area contributed by atoms with Gasteiger partial charge in [-0.15, -0.1) is 0 Å². The summed E-state index contributed by atoms with van der Waals surface area (Å²) in [6.45, 7) is 5.68. The molecule has 1 unspecified atom stereocenters. The highest BCUT2D eigenvalue weighted by atomic mass is 16.5.